The van der Waals surface area contributed by atoms with Crippen LogP contribution in [0.15, 0.2) is 30.9 Å². The fourth-order valence-electron chi connectivity index (χ4n) is 6.83. The molecular weight excluding hydrogens is 798 g/mol. The standard InChI is InChI=1S/C39H59F3N7O9P/c1-2-3-4-5-6-7-8-9-10-11-12-13-14-15-16-17-20-54-24-30(55-23-29-21-45-37(46-22-29)39(40,41)42)25-56-59(52,53)57-26-32-34(50)35(51)38(27-43,58-32)33-19-18-31-36(44)47-28-48-49(31)33/h18-19,21-22,28,30,32,34-35,50-51H,2-17,20,23-26H2,1H3,(H,52,53)(H2,44,47,48)/t30-,32-,34-,35-,38+/m1/s1. The van der Waals surface area contributed by atoms with Crippen LogP contribution >= 0.6 is 7.82 Å². The number of hydrogen-bond donors (Lipinski definition) is 4. The van der Waals surface area contributed by atoms with Crippen molar-refractivity contribution in [3.63, 3.8) is 0 Å². The monoisotopic (exact) mass is 857 g/mol. The summed E-state index contributed by atoms with van der Waals surface area (Å²) < 4.78 is 80.6. The lowest BCUT2D eigenvalue weighted by atomic mass is 9.92. The van der Waals surface area contributed by atoms with Crippen LogP contribution in [0, 0.1) is 11.3 Å². The van der Waals surface area contributed by atoms with Crippen molar-refractivity contribution in [2.75, 3.05) is 32.2 Å². The van der Waals surface area contributed by atoms with Crippen LogP contribution in [0.3, 0.4) is 0 Å². The molecule has 6 atom stereocenters. The zero-order valence-corrected chi connectivity index (χ0v) is 34.6. The van der Waals surface area contributed by atoms with E-state index in [4.69, 9.17) is 29.0 Å². The highest BCUT2D eigenvalue weighted by Gasteiger charge is 2.58. The number of anilines is 1. The third kappa shape index (κ3) is 15.0. The third-order valence-electron chi connectivity index (χ3n) is 10.2. The highest BCUT2D eigenvalue weighted by atomic mass is 31.2. The lowest BCUT2D eigenvalue weighted by Crippen LogP contribution is -2.41. The lowest BCUT2D eigenvalue weighted by Gasteiger charge is -2.24. The Bertz CT molecular complexity index is 1770. The Balaban J connectivity index is 1.20. The largest absolute Gasteiger partial charge is 0.472 e. The zero-order chi connectivity index (χ0) is 42.7. The first-order valence-electron chi connectivity index (χ1n) is 20.5. The van der Waals surface area contributed by atoms with Gasteiger partial charge in [0, 0.05) is 24.6 Å². The van der Waals surface area contributed by atoms with Crippen molar-refractivity contribution in [2.24, 2.45) is 0 Å². The van der Waals surface area contributed by atoms with Crippen LogP contribution in [0.25, 0.3) is 5.52 Å². The number of phosphoric acid groups is 1. The van der Waals surface area contributed by atoms with E-state index >= 15 is 0 Å². The van der Waals surface area contributed by atoms with Gasteiger partial charge < -0.3 is 35.1 Å². The van der Waals surface area contributed by atoms with E-state index < -0.39 is 63.1 Å². The average molecular weight is 858 g/mol. The van der Waals surface area contributed by atoms with Crippen molar-refractivity contribution < 1.29 is 56.1 Å². The van der Waals surface area contributed by atoms with Crippen LogP contribution < -0.4 is 5.73 Å². The number of aromatic nitrogens is 5. The van der Waals surface area contributed by atoms with Gasteiger partial charge in [0.05, 0.1) is 32.1 Å². The molecule has 1 saturated heterocycles. The zero-order valence-electron chi connectivity index (χ0n) is 33.7. The number of nitrogens with zero attached hydrogens (tertiary/aromatic N) is 6. The predicted molar refractivity (Wildman–Crippen MR) is 209 cm³/mol. The van der Waals surface area contributed by atoms with Crippen molar-refractivity contribution in [1.82, 2.24) is 24.6 Å². The van der Waals surface area contributed by atoms with E-state index in [1.54, 1.807) is 0 Å². The molecule has 0 amide bonds. The fraction of sp³-hybridized carbons (Fsp3) is 0.718. The second kappa shape index (κ2) is 24.2. The molecule has 5 N–H and O–H groups in total. The Morgan fingerprint density at radius 1 is 0.932 bits per heavy atom. The van der Waals surface area contributed by atoms with Gasteiger partial charge in [0.25, 0.3) is 0 Å². The van der Waals surface area contributed by atoms with Crippen LogP contribution in [-0.2, 0) is 46.2 Å². The molecule has 330 valence electrons. The Kier molecular flexibility index (Phi) is 19.8. The van der Waals surface area contributed by atoms with E-state index in [1.807, 2.05) is 6.07 Å². The third-order valence-corrected chi connectivity index (χ3v) is 11.2. The minimum Gasteiger partial charge on any atom is -0.387 e. The van der Waals surface area contributed by atoms with Crippen LogP contribution in [0.4, 0.5) is 19.0 Å². The number of nitrogen functional groups attached to an aromatic ring is 1. The number of unbranched alkanes of at least 4 members (excludes halogenated alkanes) is 15. The van der Waals surface area contributed by atoms with Gasteiger partial charge in [-0.1, -0.05) is 103 Å². The van der Waals surface area contributed by atoms with Crippen molar-refractivity contribution in [2.45, 2.75) is 152 Å². The predicted octanol–water partition coefficient (Wildman–Crippen LogP) is 6.96. The number of aliphatic hydroxyl groups excluding tert-OH is 2. The van der Waals surface area contributed by atoms with E-state index in [2.05, 4.69) is 27.0 Å². The maximum Gasteiger partial charge on any atom is 0.472 e. The Hall–Kier alpha value is -3.31. The number of nitrogens with two attached hydrogens (primary N) is 1. The van der Waals surface area contributed by atoms with Crippen molar-refractivity contribution >= 4 is 19.2 Å². The average Bonchev–Trinajstić information content (AvgIpc) is 3.76. The Morgan fingerprint density at radius 2 is 1.53 bits per heavy atom. The van der Waals surface area contributed by atoms with Gasteiger partial charge in [-0.05, 0) is 18.6 Å². The minimum atomic E-state index is -4.88. The maximum absolute atomic E-state index is 13.0. The van der Waals surface area contributed by atoms with Crippen molar-refractivity contribution in [3.8, 4) is 6.07 Å². The summed E-state index contributed by atoms with van der Waals surface area (Å²) in [5, 5.41) is 35.9. The number of alkyl halides is 3. The number of nitriles is 1. The number of phosphoric ester groups is 1. The number of rotatable bonds is 29. The van der Waals surface area contributed by atoms with Crippen LogP contribution in [0.2, 0.25) is 0 Å². The number of aliphatic hydroxyl groups is 2. The lowest BCUT2D eigenvalue weighted by molar-refractivity contribution is -0.145. The second-order valence-corrected chi connectivity index (χ2v) is 16.3. The van der Waals surface area contributed by atoms with Gasteiger partial charge in [0.2, 0.25) is 11.4 Å². The van der Waals surface area contributed by atoms with Crippen LogP contribution in [-0.4, -0.2) is 90.5 Å². The van der Waals surface area contributed by atoms with Gasteiger partial charge in [0.1, 0.15) is 42.3 Å². The van der Waals surface area contributed by atoms with Gasteiger partial charge >= 0.3 is 14.0 Å². The molecule has 1 fully saturated rings. The number of hydrogen-bond acceptors (Lipinski definition) is 14. The number of ether oxygens (including phenoxy) is 3. The molecule has 1 unspecified atom stereocenters. The molecule has 4 heterocycles. The van der Waals surface area contributed by atoms with Crippen molar-refractivity contribution in [1.29, 1.82) is 5.26 Å². The molecule has 3 aromatic heterocycles. The van der Waals surface area contributed by atoms with Gasteiger partial charge in [-0.15, -0.1) is 0 Å². The summed E-state index contributed by atoms with van der Waals surface area (Å²) in [6, 6.07) is 4.79. The molecule has 0 bridgehead atoms. The van der Waals surface area contributed by atoms with E-state index in [-0.39, 0.29) is 30.3 Å². The van der Waals surface area contributed by atoms with Gasteiger partial charge in [0.15, 0.2) is 5.82 Å². The molecule has 0 spiro atoms. The van der Waals surface area contributed by atoms with Crippen molar-refractivity contribution in [3.05, 3.63) is 47.9 Å². The first kappa shape index (κ1) is 48.4. The van der Waals surface area contributed by atoms with Gasteiger partial charge in [-0.3, -0.25) is 9.05 Å². The maximum atomic E-state index is 13.0. The number of fused-ring (bicyclic) bond motifs is 1. The fourth-order valence-corrected chi connectivity index (χ4v) is 7.60. The quantitative estimate of drug-likeness (QED) is 0.0409. The first-order valence-corrected chi connectivity index (χ1v) is 22.0. The molecule has 0 saturated carbocycles. The molecule has 0 aliphatic carbocycles. The highest BCUT2D eigenvalue weighted by molar-refractivity contribution is 7.47. The first-order chi connectivity index (χ1) is 28.3. The SMILES string of the molecule is CCCCCCCCCCCCCCCCCCOC[C@H](COP(=O)(O)OC[C@H]1O[C@@](C#N)(c2ccc3c(N)ncnn23)[C@H](O)[C@@H]1O)OCc1cnc(C(F)(F)F)nc1. The molecule has 59 heavy (non-hydrogen) atoms. The minimum absolute atomic E-state index is 0.0274. The molecule has 20 heteroatoms. The molecule has 3 aromatic rings. The molecule has 16 nitrogen and oxygen atoms in total. The highest BCUT2D eigenvalue weighted by Crippen LogP contribution is 2.46. The normalized spacial score (nSPS) is 21.2. The summed E-state index contributed by atoms with van der Waals surface area (Å²) >= 11 is 0. The summed E-state index contributed by atoms with van der Waals surface area (Å²) in [6.07, 6.45) is 12.0. The molecule has 0 aromatic carbocycles. The molecular formula is C39H59F3N7O9P. The molecule has 1 aliphatic heterocycles. The molecule has 4 rings (SSSR count). The van der Waals surface area contributed by atoms with Crippen LogP contribution in [0.5, 0.6) is 0 Å². The van der Waals surface area contributed by atoms with Gasteiger partial charge in [-0.2, -0.15) is 23.5 Å². The van der Waals surface area contributed by atoms with E-state index in [0.29, 0.717) is 12.1 Å². The Labute approximate surface area is 343 Å². The van der Waals surface area contributed by atoms with E-state index in [0.717, 1.165) is 44.4 Å². The van der Waals surface area contributed by atoms with Crippen LogP contribution in [0.1, 0.15) is 127 Å². The summed E-state index contributed by atoms with van der Waals surface area (Å²) in [5.41, 5.74) is 4.27. The Morgan fingerprint density at radius 3 is 2.10 bits per heavy atom. The summed E-state index contributed by atoms with van der Waals surface area (Å²) in [7, 11) is -4.88. The summed E-state index contributed by atoms with van der Waals surface area (Å²) in [5.74, 6) is -1.22. The molecule has 1 aliphatic rings. The summed E-state index contributed by atoms with van der Waals surface area (Å²) in [4.78, 5) is 21.1. The van der Waals surface area contributed by atoms with Gasteiger partial charge in [-0.25, -0.2) is 24.0 Å². The topological polar surface area (TPSA) is 230 Å². The second-order valence-electron chi connectivity index (χ2n) is 14.9. The van der Waals surface area contributed by atoms with E-state index in [9.17, 15) is 38.1 Å². The summed E-state index contributed by atoms with van der Waals surface area (Å²) in [6.45, 7) is 0.963. The molecule has 0 radical (unpaired) electrons. The smallest absolute Gasteiger partial charge is 0.387 e. The number of halogens is 3. The van der Waals surface area contributed by atoms with E-state index in [1.165, 1.54) is 93.7 Å².